The summed E-state index contributed by atoms with van der Waals surface area (Å²) < 4.78 is 0. The fourth-order valence-electron chi connectivity index (χ4n) is 3.04. The quantitative estimate of drug-likeness (QED) is 0.918. The molecule has 0 radical (unpaired) electrons. The largest absolute Gasteiger partial charge is 0.345 e. The molecule has 0 spiro atoms. The number of nitrogens with one attached hydrogen (secondary N) is 1. The van der Waals surface area contributed by atoms with E-state index in [0.29, 0.717) is 6.04 Å². The van der Waals surface area contributed by atoms with Gasteiger partial charge in [0.1, 0.15) is 0 Å². The van der Waals surface area contributed by atoms with E-state index in [9.17, 15) is 0 Å². The van der Waals surface area contributed by atoms with E-state index in [-0.39, 0.29) is 0 Å². The number of aromatic nitrogens is 1. The molecule has 0 saturated carbocycles. The maximum absolute atomic E-state index is 4.89. The third-order valence-corrected chi connectivity index (χ3v) is 5.42. The molecule has 1 fully saturated rings. The van der Waals surface area contributed by atoms with Crippen molar-refractivity contribution in [3.63, 3.8) is 0 Å². The molecular weight excluding hydrogens is 254 g/mol. The van der Waals surface area contributed by atoms with Crippen molar-refractivity contribution in [2.24, 2.45) is 11.8 Å². The third kappa shape index (κ3) is 3.11. The molecule has 1 N–H and O–H groups in total. The molecule has 0 aromatic carbocycles. The number of hydrogen-bond acceptors (Lipinski definition) is 4. The minimum absolute atomic E-state index is 0.606. The average molecular weight is 281 g/mol. The van der Waals surface area contributed by atoms with Crippen LogP contribution in [-0.2, 0) is 13.0 Å². The van der Waals surface area contributed by atoms with Gasteiger partial charge in [0.2, 0.25) is 0 Å². The van der Waals surface area contributed by atoms with Gasteiger partial charge >= 0.3 is 0 Å². The first-order valence-electron chi connectivity index (χ1n) is 7.46. The fourth-order valence-corrected chi connectivity index (χ4v) is 4.29. The van der Waals surface area contributed by atoms with Crippen LogP contribution in [0.5, 0.6) is 0 Å². The van der Waals surface area contributed by atoms with Crippen LogP contribution >= 0.6 is 11.3 Å². The van der Waals surface area contributed by atoms with Gasteiger partial charge in [0.25, 0.3) is 0 Å². The molecule has 2 rings (SSSR count). The molecule has 1 saturated heterocycles. The average Bonchev–Trinajstić information content (AvgIpc) is 2.77. The molecule has 1 aromatic rings. The van der Waals surface area contributed by atoms with Crippen molar-refractivity contribution in [2.75, 3.05) is 18.5 Å². The summed E-state index contributed by atoms with van der Waals surface area (Å²) in [6.45, 7) is 11.4. The lowest BCUT2D eigenvalue weighted by molar-refractivity contribution is 0.297. The lowest BCUT2D eigenvalue weighted by atomic mass is 9.86. The molecule has 0 bridgehead atoms. The fraction of sp³-hybridized carbons (Fsp3) is 0.800. The van der Waals surface area contributed by atoms with E-state index in [1.54, 1.807) is 0 Å². The second-order valence-electron chi connectivity index (χ2n) is 5.96. The molecule has 0 amide bonds. The van der Waals surface area contributed by atoms with Crippen LogP contribution in [0.15, 0.2) is 0 Å². The highest BCUT2D eigenvalue weighted by Gasteiger charge is 2.30. The Kier molecular flexibility index (Phi) is 4.85. The SMILES string of the molecule is CCc1nc(N2CC(C)CC(C)C2C)sc1CNC. The number of nitrogens with zero attached hydrogens (tertiary/aromatic N) is 2. The minimum atomic E-state index is 0.606. The lowest BCUT2D eigenvalue weighted by Gasteiger charge is -2.41. The Morgan fingerprint density at radius 3 is 2.74 bits per heavy atom. The molecule has 108 valence electrons. The van der Waals surface area contributed by atoms with Crippen LogP contribution in [0.2, 0.25) is 0 Å². The molecule has 1 aliphatic rings. The Hall–Kier alpha value is -0.610. The molecule has 1 aromatic heterocycles. The standard InChI is InChI=1S/C15H27N3S/c1-6-13-14(8-16-5)19-15(17-13)18-9-10(2)7-11(3)12(18)4/h10-12,16H,6-9H2,1-5H3. The Morgan fingerprint density at radius 1 is 1.37 bits per heavy atom. The van der Waals surface area contributed by atoms with E-state index in [1.165, 1.54) is 22.1 Å². The lowest BCUT2D eigenvalue weighted by Crippen LogP contribution is -2.45. The number of piperidine rings is 1. The van der Waals surface area contributed by atoms with Crippen molar-refractivity contribution in [3.8, 4) is 0 Å². The zero-order valence-electron chi connectivity index (χ0n) is 12.9. The predicted octanol–water partition coefficient (Wildman–Crippen LogP) is 3.30. The van der Waals surface area contributed by atoms with Crippen molar-refractivity contribution in [3.05, 3.63) is 10.6 Å². The van der Waals surface area contributed by atoms with Crippen LogP contribution in [0.4, 0.5) is 5.13 Å². The summed E-state index contributed by atoms with van der Waals surface area (Å²) in [5, 5.41) is 4.49. The number of hydrogen-bond donors (Lipinski definition) is 1. The van der Waals surface area contributed by atoms with Gasteiger partial charge in [-0.1, -0.05) is 20.8 Å². The van der Waals surface area contributed by atoms with Crippen LogP contribution in [0.1, 0.15) is 44.7 Å². The highest BCUT2D eigenvalue weighted by Crippen LogP contribution is 2.35. The molecule has 3 nitrogen and oxygen atoms in total. The summed E-state index contributed by atoms with van der Waals surface area (Å²) in [6.07, 6.45) is 2.37. The number of thiazole rings is 1. The van der Waals surface area contributed by atoms with Gasteiger partial charge in [0.15, 0.2) is 5.13 Å². The Morgan fingerprint density at radius 2 is 2.11 bits per heavy atom. The Bertz CT molecular complexity index is 416. The van der Waals surface area contributed by atoms with Gasteiger partial charge in [-0.2, -0.15) is 0 Å². The van der Waals surface area contributed by atoms with Crippen molar-refractivity contribution >= 4 is 16.5 Å². The van der Waals surface area contributed by atoms with E-state index in [2.05, 4.69) is 37.9 Å². The maximum atomic E-state index is 4.89. The highest BCUT2D eigenvalue weighted by molar-refractivity contribution is 7.15. The zero-order valence-corrected chi connectivity index (χ0v) is 13.7. The van der Waals surface area contributed by atoms with Crippen LogP contribution < -0.4 is 10.2 Å². The van der Waals surface area contributed by atoms with Crippen LogP contribution in [0.3, 0.4) is 0 Å². The van der Waals surface area contributed by atoms with Crippen LogP contribution in [0, 0.1) is 11.8 Å². The first-order chi connectivity index (χ1) is 9.06. The molecule has 3 atom stereocenters. The second-order valence-corrected chi connectivity index (χ2v) is 7.02. The first kappa shape index (κ1) is 14.8. The van der Waals surface area contributed by atoms with E-state index in [4.69, 9.17) is 4.98 Å². The Labute approximate surface area is 121 Å². The predicted molar refractivity (Wildman–Crippen MR) is 84.0 cm³/mol. The van der Waals surface area contributed by atoms with E-state index >= 15 is 0 Å². The monoisotopic (exact) mass is 281 g/mol. The summed E-state index contributed by atoms with van der Waals surface area (Å²) in [5.74, 6) is 1.53. The smallest absolute Gasteiger partial charge is 0.186 e. The van der Waals surface area contributed by atoms with Crippen molar-refractivity contribution in [1.29, 1.82) is 0 Å². The summed E-state index contributed by atoms with van der Waals surface area (Å²) in [7, 11) is 2.01. The van der Waals surface area contributed by atoms with Gasteiger partial charge < -0.3 is 10.2 Å². The maximum Gasteiger partial charge on any atom is 0.186 e. The van der Waals surface area contributed by atoms with Crippen molar-refractivity contribution in [1.82, 2.24) is 10.3 Å². The van der Waals surface area contributed by atoms with Crippen molar-refractivity contribution in [2.45, 2.75) is 53.1 Å². The Balaban J connectivity index is 2.24. The summed E-state index contributed by atoms with van der Waals surface area (Å²) in [5.41, 5.74) is 1.27. The van der Waals surface area contributed by atoms with Gasteiger partial charge in [-0.3, -0.25) is 0 Å². The molecule has 3 unspecified atom stereocenters. The van der Waals surface area contributed by atoms with Gasteiger partial charge in [-0.15, -0.1) is 11.3 Å². The summed E-state index contributed by atoms with van der Waals surface area (Å²) in [4.78, 5) is 8.83. The van der Waals surface area contributed by atoms with Gasteiger partial charge in [-0.05, 0) is 38.6 Å². The van der Waals surface area contributed by atoms with E-state index in [1.807, 2.05) is 18.4 Å². The van der Waals surface area contributed by atoms with E-state index in [0.717, 1.165) is 31.3 Å². The topological polar surface area (TPSA) is 28.2 Å². The zero-order chi connectivity index (χ0) is 14.0. The third-order valence-electron chi connectivity index (χ3n) is 4.28. The molecule has 0 aliphatic carbocycles. The number of rotatable bonds is 4. The van der Waals surface area contributed by atoms with Gasteiger partial charge in [-0.25, -0.2) is 4.98 Å². The summed E-state index contributed by atoms with van der Waals surface area (Å²) >= 11 is 1.88. The van der Waals surface area contributed by atoms with E-state index < -0.39 is 0 Å². The molecule has 1 aliphatic heterocycles. The van der Waals surface area contributed by atoms with Gasteiger partial charge in [0, 0.05) is 24.0 Å². The van der Waals surface area contributed by atoms with Crippen LogP contribution in [0.25, 0.3) is 0 Å². The number of anilines is 1. The summed E-state index contributed by atoms with van der Waals surface area (Å²) in [6, 6.07) is 0.606. The number of aryl methyl sites for hydroxylation is 1. The highest BCUT2D eigenvalue weighted by atomic mass is 32.1. The molecule has 2 heterocycles. The molecule has 4 heteroatoms. The van der Waals surface area contributed by atoms with Gasteiger partial charge in [0.05, 0.1) is 5.69 Å². The van der Waals surface area contributed by atoms with Crippen molar-refractivity contribution < 1.29 is 0 Å². The second kappa shape index (κ2) is 6.23. The van der Waals surface area contributed by atoms with Crippen LogP contribution in [-0.4, -0.2) is 24.6 Å². The molecule has 19 heavy (non-hydrogen) atoms. The first-order valence-corrected chi connectivity index (χ1v) is 8.28. The minimum Gasteiger partial charge on any atom is -0.345 e. The molecular formula is C15H27N3S. The normalized spacial score (nSPS) is 27.8.